The molecule has 194 valence electrons. The Labute approximate surface area is 219 Å². The fourth-order valence-electron chi connectivity index (χ4n) is 5.79. The molecule has 0 radical (unpaired) electrons. The molecule has 2 aliphatic rings. The first-order chi connectivity index (χ1) is 17.9. The lowest BCUT2D eigenvalue weighted by Gasteiger charge is -2.39. The Morgan fingerprint density at radius 1 is 1.11 bits per heavy atom. The zero-order valence-corrected chi connectivity index (χ0v) is 22.0. The third kappa shape index (κ3) is 5.43. The van der Waals surface area contributed by atoms with E-state index in [2.05, 4.69) is 42.2 Å². The Kier molecular flexibility index (Phi) is 7.36. The normalized spacial score (nSPS) is 18.4. The number of nitrogens with zero attached hydrogens (tertiary/aromatic N) is 2. The molecule has 1 aromatic heterocycles. The lowest BCUT2D eigenvalue weighted by molar-refractivity contribution is -0.137. The fourth-order valence-corrected chi connectivity index (χ4v) is 5.79. The molecule has 1 aliphatic carbocycles. The van der Waals surface area contributed by atoms with Crippen molar-refractivity contribution in [2.75, 3.05) is 13.6 Å². The number of likely N-dealkylation sites (N-methyl/N-ethyl adjacent to an activating group) is 1. The van der Waals surface area contributed by atoms with Crippen LogP contribution < -0.4 is 4.74 Å². The Balaban J connectivity index is 1.41. The van der Waals surface area contributed by atoms with Gasteiger partial charge in [-0.05, 0) is 74.1 Å². The highest BCUT2D eigenvalue weighted by Crippen LogP contribution is 2.40. The SMILES string of the molecule is Cc1cccc([C@H]2c3cc(O[C@@H](C)C(=O)N(C)Cc4ccco4)ccc3CCN2C(=O)C2CCCC2)c1. The molecule has 1 saturated carbocycles. The molecule has 2 amide bonds. The second kappa shape index (κ2) is 10.8. The molecule has 2 atom stereocenters. The van der Waals surface area contributed by atoms with Crippen molar-refractivity contribution in [2.24, 2.45) is 5.92 Å². The minimum Gasteiger partial charge on any atom is -0.481 e. The van der Waals surface area contributed by atoms with Crippen molar-refractivity contribution < 1.29 is 18.7 Å². The topological polar surface area (TPSA) is 63.0 Å². The van der Waals surface area contributed by atoms with Crippen LogP contribution >= 0.6 is 0 Å². The smallest absolute Gasteiger partial charge is 0.263 e. The Morgan fingerprint density at radius 2 is 1.92 bits per heavy atom. The molecule has 5 rings (SSSR count). The highest BCUT2D eigenvalue weighted by atomic mass is 16.5. The third-order valence-corrected chi connectivity index (χ3v) is 7.70. The monoisotopic (exact) mass is 500 g/mol. The molecule has 0 spiro atoms. The zero-order valence-electron chi connectivity index (χ0n) is 22.0. The second-order valence-electron chi connectivity index (χ2n) is 10.5. The number of rotatable bonds is 7. The largest absolute Gasteiger partial charge is 0.481 e. The first kappa shape index (κ1) is 25.1. The van der Waals surface area contributed by atoms with Gasteiger partial charge in [-0.1, -0.05) is 48.7 Å². The van der Waals surface area contributed by atoms with Crippen LogP contribution in [0.4, 0.5) is 0 Å². The van der Waals surface area contributed by atoms with E-state index in [1.807, 2.05) is 24.3 Å². The van der Waals surface area contributed by atoms with Crippen LogP contribution in [0.3, 0.4) is 0 Å². The van der Waals surface area contributed by atoms with Crippen molar-refractivity contribution in [3.8, 4) is 5.75 Å². The molecular weight excluding hydrogens is 464 g/mol. The average Bonchev–Trinajstić information content (AvgIpc) is 3.62. The summed E-state index contributed by atoms with van der Waals surface area (Å²) in [5.41, 5.74) is 4.60. The fraction of sp³-hybridized carbons (Fsp3) is 0.419. The predicted octanol–water partition coefficient (Wildman–Crippen LogP) is 5.68. The van der Waals surface area contributed by atoms with E-state index >= 15 is 0 Å². The number of amides is 2. The molecule has 37 heavy (non-hydrogen) atoms. The zero-order chi connectivity index (χ0) is 25.9. The lowest BCUT2D eigenvalue weighted by Crippen LogP contribution is -2.43. The summed E-state index contributed by atoms with van der Waals surface area (Å²) in [5.74, 6) is 1.63. The van der Waals surface area contributed by atoms with Gasteiger partial charge in [0.25, 0.3) is 5.91 Å². The van der Waals surface area contributed by atoms with Crippen LogP contribution in [0.15, 0.2) is 65.3 Å². The molecule has 2 aromatic carbocycles. The van der Waals surface area contributed by atoms with Gasteiger partial charge in [-0.25, -0.2) is 0 Å². The van der Waals surface area contributed by atoms with Gasteiger partial charge in [-0.3, -0.25) is 9.59 Å². The van der Waals surface area contributed by atoms with Gasteiger partial charge in [-0.2, -0.15) is 0 Å². The van der Waals surface area contributed by atoms with Gasteiger partial charge in [0.15, 0.2) is 6.10 Å². The minimum absolute atomic E-state index is 0.121. The third-order valence-electron chi connectivity index (χ3n) is 7.70. The van der Waals surface area contributed by atoms with E-state index in [-0.39, 0.29) is 23.8 Å². The van der Waals surface area contributed by atoms with Crippen LogP contribution in [0.2, 0.25) is 0 Å². The van der Waals surface area contributed by atoms with E-state index in [9.17, 15) is 9.59 Å². The van der Waals surface area contributed by atoms with E-state index in [0.29, 0.717) is 18.8 Å². The molecule has 1 aliphatic heterocycles. The number of benzene rings is 2. The van der Waals surface area contributed by atoms with Gasteiger partial charge in [0.05, 0.1) is 18.8 Å². The number of carbonyl (C=O) groups excluding carboxylic acids is 2. The number of furan rings is 1. The van der Waals surface area contributed by atoms with E-state index < -0.39 is 6.10 Å². The molecule has 0 unspecified atom stereocenters. The summed E-state index contributed by atoms with van der Waals surface area (Å²) in [5, 5.41) is 0. The van der Waals surface area contributed by atoms with Gasteiger partial charge in [0, 0.05) is 19.5 Å². The van der Waals surface area contributed by atoms with Crippen molar-refractivity contribution >= 4 is 11.8 Å². The standard InChI is InChI=1S/C31H36N2O4/c1-21-8-6-11-25(18-21)29-28-19-26(37-22(2)30(34)32(3)20-27-12-7-17-36-27)14-13-23(28)15-16-33(29)31(35)24-9-4-5-10-24/h6-8,11-14,17-19,22,24,29H,4-5,9-10,15-16,20H2,1-3H3/t22-,29-/m0/s1. The molecule has 0 saturated heterocycles. The summed E-state index contributed by atoms with van der Waals surface area (Å²) in [6.07, 6.45) is 5.99. The van der Waals surface area contributed by atoms with Gasteiger partial charge in [-0.15, -0.1) is 0 Å². The maximum atomic E-state index is 13.7. The maximum Gasteiger partial charge on any atom is 0.263 e. The maximum absolute atomic E-state index is 13.7. The summed E-state index contributed by atoms with van der Waals surface area (Å²) in [7, 11) is 1.75. The van der Waals surface area contributed by atoms with Crippen molar-refractivity contribution in [3.63, 3.8) is 0 Å². The molecular formula is C31H36N2O4. The first-order valence-electron chi connectivity index (χ1n) is 13.3. The van der Waals surface area contributed by atoms with Gasteiger partial charge >= 0.3 is 0 Å². The predicted molar refractivity (Wildman–Crippen MR) is 142 cm³/mol. The number of hydrogen-bond donors (Lipinski definition) is 0. The summed E-state index contributed by atoms with van der Waals surface area (Å²) >= 11 is 0. The van der Waals surface area contributed by atoms with Crippen LogP contribution in [-0.2, 0) is 22.6 Å². The van der Waals surface area contributed by atoms with E-state index in [1.54, 1.807) is 25.1 Å². The summed E-state index contributed by atoms with van der Waals surface area (Å²) in [4.78, 5) is 30.4. The first-order valence-corrected chi connectivity index (χ1v) is 13.3. The molecule has 1 fully saturated rings. The minimum atomic E-state index is -0.657. The summed E-state index contributed by atoms with van der Waals surface area (Å²) in [6.45, 7) is 4.96. The Morgan fingerprint density at radius 3 is 2.65 bits per heavy atom. The highest BCUT2D eigenvalue weighted by Gasteiger charge is 2.36. The molecule has 0 bridgehead atoms. The van der Waals surface area contributed by atoms with Crippen LogP contribution in [0, 0.1) is 12.8 Å². The number of aryl methyl sites for hydroxylation is 1. The summed E-state index contributed by atoms with van der Waals surface area (Å²) in [6, 6.07) is 18.0. The molecule has 3 aromatic rings. The van der Waals surface area contributed by atoms with Crippen molar-refractivity contribution in [3.05, 3.63) is 88.9 Å². The Bertz CT molecular complexity index is 1250. The number of hydrogen-bond acceptors (Lipinski definition) is 4. The summed E-state index contributed by atoms with van der Waals surface area (Å²) < 4.78 is 11.5. The Hall–Kier alpha value is -3.54. The van der Waals surface area contributed by atoms with Gasteiger partial charge in [0.1, 0.15) is 11.5 Å². The van der Waals surface area contributed by atoms with Gasteiger partial charge in [0.2, 0.25) is 5.91 Å². The van der Waals surface area contributed by atoms with Crippen LogP contribution in [0.1, 0.15) is 66.7 Å². The number of fused-ring (bicyclic) bond motifs is 1. The average molecular weight is 501 g/mol. The number of ether oxygens (including phenoxy) is 1. The number of carbonyl (C=O) groups is 2. The van der Waals surface area contributed by atoms with Crippen molar-refractivity contribution in [2.45, 2.75) is 64.6 Å². The lowest BCUT2D eigenvalue weighted by atomic mass is 9.86. The molecule has 6 nitrogen and oxygen atoms in total. The molecule has 6 heteroatoms. The van der Waals surface area contributed by atoms with Gasteiger partial charge < -0.3 is 19.0 Å². The molecule has 0 N–H and O–H groups in total. The van der Waals surface area contributed by atoms with Crippen molar-refractivity contribution in [1.82, 2.24) is 9.80 Å². The second-order valence-corrected chi connectivity index (χ2v) is 10.5. The van der Waals surface area contributed by atoms with Crippen LogP contribution in [0.5, 0.6) is 5.75 Å². The quantitative estimate of drug-likeness (QED) is 0.419. The van der Waals surface area contributed by atoms with Crippen LogP contribution in [0.25, 0.3) is 0 Å². The van der Waals surface area contributed by atoms with E-state index in [1.165, 1.54) is 11.1 Å². The molecule has 2 heterocycles. The van der Waals surface area contributed by atoms with E-state index in [0.717, 1.165) is 49.0 Å². The van der Waals surface area contributed by atoms with Crippen molar-refractivity contribution in [1.29, 1.82) is 0 Å². The highest BCUT2D eigenvalue weighted by molar-refractivity contribution is 5.81. The van der Waals surface area contributed by atoms with E-state index in [4.69, 9.17) is 9.15 Å². The van der Waals surface area contributed by atoms with Crippen LogP contribution in [-0.4, -0.2) is 41.3 Å².